The number of rotatable bonds is 4. The molecule has 3 N–H and O–H groups in total. The third-order valence-corrected chi connectivity index (χ3v) is 6.46. The molecular weight excluding hydrogens is 403 g/mol. The number of anilines is 1. The minimum Gasteiger partial charge on any atom is -0.379 e. The first-order valence-electron chi connectivity index (χ1n) is 8.75. The van der Waals surface area contributed by atoms with Crippen LogP contribution in [-0.2, 0) is 14.8 Å². The molecule has 0 saturated carbocycles. The fourth-order valence-electron chi connectivity index (χ4n) is 3.08. The second-order valence-electron chi connectivity index (χ2n) is 6.45. The number of carbonyl (C=O) groups is 1. The van der Waals surface area contributed by atoms with Gasteiger partial charge in [-0.3, -0.25) is 4.79 Å². The lowest BCUT2D eigenvalue weighted by Gasteiger charge is -2.26. The molecule has 1 fully saturated rings. The lowest BCUT2D eigenvalue weighted by molar-refractivity contribution is 0.0730. The molecule has 29 heavy (non-hydrogen) atoms. The molecule has 2 aromatic carbocycles. The van der Waals surface area contributed by atoms with Crippen LogP contribution in [0.1, 0.15) is 10.4 Å². The number of carbonyl (C=O) groups excluding carboxylic acids is 1. The number of halogens is 1. The van der Waals surface area contributed by atoms with Crippen LogP contribution in [0, 0.1) is 5.82 Å². The van der Waals surface area contributed by atoms with E-state index in [-0.39, 0.29) is 31.2 Å². The molecule has 3 aromatic rings. The van der Waals surface area contributed by atoms with Gasteiger partial charge < -0.3 is 20.0 Å². The van der Waals surface area contributed by atoms with Gasteiger partial charge >= 0.3 is 5.69 Å². The van der Waals surface area contributed by atoms with E-state index in [0.29, 0.717) is 16.7 Å². The van der Waals surface area contributed by atoms with Crippen LogP contribution in [0.25, 0.3) is 11.0 Å². The third-order valence-electron chi connectivity index (χ3n) is 4.56. The number of nitrogens with zero attached hydrogens (tertiary/aromatic N) is 1. The number of sulfonamides is 1. The molecule has 0 atom stereocenters. The molecule has 0 unspecified atom stereocenters. The molecule has 0 spiro atoms. The first-order valence-corrected chi connectivity index (χ1v) is 10.2. The van der Waals surface area contributed by atoms with Crippen molar-refractivity contribution in [3.05, 3.63) is 58.3 Å². The maximum Gasteiger partial charge on any atom is 0.323 e. The van der Waals surface area contributed by atoms with Gasteiger partial charge in [-0.15, -0.1) is 0 Å². The molecule has 2 heterocycles. The Labute approximate surface area is 164 Å². The van der Waals surface area contributed by atoms with Crippen LogP contribution in [0.2, 0.25) is 0 Å². The lowest BCUT2D eigenvalue weighted by Crippen LogP contribution is -2.40. The summed E-state index contributed by atoms with van der Waals surface area (Å²) in [5, 5.41) is 2.52. The zero-order valence-corrected chi connectivity index (χ0v) is 15.9. The average molecular weight is 420 g/mol. The van der Waals surface area contributed by atoms with E-state index in [9.17, 15) is 22.4 Å². The van der Waals surface area contributed by atoms with Crippen LogP contribution in [0.15, 0.2) is 46.1 Å². The molecule has 9 nitrogen and oxygen atoms in total. The Morgan fingerprint density at radius 1 is 1.07 bits per heavy atom. The van der Waals surface area contributed by atoms with Crippen molar-refractivity contribution in [1.82, 2.24) is 14.3 Å². The molecule has 0 bridgehead atoms. The number of hydrogen-bond acceptors (Lipinski definition) is 5. The quantitative estimate of drug-likeness (QED) is 0.586. The van der Waals surface area contributed by atoms with Crippen molar-refractivity contribution in [3.8, 4) is 0 Å². The van der Waals surface area contributed by atoms with Gasteiger partial charge in [0.1, 0.15) is 5.82 Å². The highest BCUT2D eigenvalue weighted by Crippen LogP contribution is 2.22. The maximum absolute atomic E-state index is 14.3. The van der Waals surface area contributed by atoms with Gasteiger partial charge in [0, 0.05) is 18.8 Å². The van der Waals surface area contributed by atoms with Gasteiger partial charge in [0.15, 0.2) is 0 Å². The zero-order valence-electron chi connectivity index (χ0n) is 15.1. The van der Waals surface area contributed by atoms with Gasteiger partial charge in [-0.25, -0.2) is 17.6 Å². The Balaban J connectivity index is 1.62. The van der Waals surface area contributed by atoms with Crippen LogP contribution in [0.5, 0.6) is 0 Å². The first-order chi connectivity index (χ1) is 13.8. The van der Waals surface area contributed by atoms with E-state index in [4.69, 9.17) is 4.74 Å². The molecule has 1 amide bonds. The summed E-state index contributed by atoms with van der Waals surface area (Å²) in [6.07, 6.45) is 0. The highest BCUT2D eigenvalue weighted by atomic mass is 32.2. The summed E-state index contributed by atoms with van der Waals surface area (Å²) in [5.74, 6) is -1.65. The zero-order chi connectivity index (χ0) is 20.6. The monoisotopic (exact) mass is 420 g/mol. The van der Waals surface area contributed by atoms with E-state index in [1.807, 2.05) is 0 Å². The molecule has 0 radical (unpaired) electrons. The van der Waals surface area contributed by atoms with Crippen molar-refractivity contribution >= 4 is 32.7 Å². The maximum atomic E-state index is 14.3. The Hall–Kier alpha value is -3.02. The normalized spacial score (nSPS) is 15.5. The number of imidazole rings is 1. The number of fused-ring (bicyclic) bond motifs is 1. The minimum absolute atomic E-state index is 0.170. The molecule has 152 valence electrons. The summed E-state index contributed by atoms with van der Waals surface area (Å²) in [6, 6.07) is 7.74. The fourth-order valence-corrected chi connectivity index (χ4v) is 4.52. The van der Waals surface area contributed by atoms with Gasteiger partial charge in [0.25, 0.3) is 5.91 Å². The fraction of sp³-hybridized carbons (Fsp3) is 0.222. The lowest BCUT2D eigenvalue weighted by atomic mass is 10.2. The third kappa shape index (κ3) is 3.79. The van der Waals surface area contributed by atoms with E-state index in [2.05, 4.69) is 15.3 Å². The topological polar surface area (TPSA) is 124 Å². The highest BCUT2D eigenvalue weighted by Gasteiger charge is 2.28. The summed E-state index contributed by atoms with van der Waals surface area (Å²) in [5.41, 5.74) is 0.547. The molecule has 1 aliphatic heterocycles. The number of amides is 1. The van der Waals surface area contributed by atoms with Crippen molar-refractivity contribution in [1.29, 1.82) is 0 Å². The van der Waals surface area contributed by atoms with E-state index in [0.717, 1.165) is 18.2 Å². The van der Waals surface area contributed by atoms with E-state index in [1.54, 1.807) is 6.07 Å². The Morgan fingerprint density at radius 3 is 2.55 bits per heavy atom. The van der Waals surface area contributed by atoms with Gasteiger partial charge in [-0.1, -0.05) is 0 Å². The summed E-state index contributed by atoms with van der Waals surface area (Å²) in [7, 11) is -3.87. The van der Waals surface area contributed by atoms with Crippen molar-refractivity contribution < 1.29 is 22.3 Å². The standard InChI is InChI=1S/C18H17FN4O5S/c19-14-3-2-12(29(26,27)23-5-7-28-8-6-23)10-13(14)17(24)20-11-1-4-15-16(9-11)22-18(25)21-15/h1-4,9-10H,5-8H2,(H,20,24)(H2,21,22,25). The van der Waals surface area contributed by atoms with E-state index in [1.165, 1.54) is 16.4 Å². The van der Waals surface area contributed by atoms with Gasteiger partial charge in [-0.05, 0) is 36.4 Å². The van der Waals surface area contributed by atoms with E-state index >= 15 is 0 Å². The molecule has 1 aromatic heterocycles. The van der Waals surface area contributed by atoms with E-state index < -0.39 is 33.0 Å². The predicted octanol–water partition coefficient (Wildman–Crippen LogP) is 1.27. The van der Waals surface area contributed by atoms with Crippen molar-refractivity contribution in [2.45, 2.75) is 4.90 Å². The summed E-state index contributed by atoms with van der Waals surface area (Å²) in [6.45, 7) is 0.932. The molecule has 0 aliphatic carbocycles. The number of benzene rings is 2. The van der Waals surface area contributed by atoms with Gasteiger partial charge in [0.05, 0.1) is 34.7 Å². The number of nitrogens with one attached hydrogen (secondary N) is 3. The van der Waals surface area contributed by atoms with Crippen molar-refractivity contribution in [2.24, 2.45) is 0 Å². The van der Waals surface area contributed by atoms with Gasteiger partial charge in [-0.2, -0.15) is 4.31 Å². The number of aromatic amines is 2. The molecule has 1 aliphatic rings. The average Bonchev–Trinajstić information content (AvgIpc) is 3.08. The molecular formula is C18H17FN4O5S. The number of hydrogen-bond donors (Lipinski definition) is 3. The Morgan fingerprint density at radius 2 is 1.79 bits per heavy atom. The number of morpholine rings is 1. The summed E-state index contributed by atoms with van der Waals surface area (Å²) < 4.78 is 46.2. The molecule has 4 rings (SSSR count). The number of ether oxygens (including phenoxy) is 1. The first kappa shape index (κ1) is 19.3. The van der Waals surface area contributed by atoms with Crippen molar-refractivity contribution in [3.63, 3.8) is 0 Å². The number of H-pyrrole nitrogens is 2. The second kappa shape index (κ2) is 7.43. The second-order valence-corrected chi connectivity index (χ2v) is 8.39. The predicted molar refractivity (Wildman–Crippen MR) is 103 cm³/mol. The summed E-state index contributed by atoms with van der Waals surface area (Å²) >= 11 is 0. The smallest absolute Gasteiger partial charge is 0.323 e. The van der Waals surface area contributed by atoms with Gasteiger partial charge in [0.2, 0.25) is 10.0 Å². The molecule has 11 heteroatoms. The SMILES string of the molecule is O=C(Nc1ccc2[nH]c(=O)[nH]c2c1)c1cc(S(=O)(=O)N2CCOCC2)ccc1F. The minimum atomic E-state index is -3.87. The molecule has 1 saturated heterocycles. The van der Waals surface area contributed by atoms with Crippen LogP contribution in [-0.4, -0.2) is 54.9 Å². The largest absolute Gasteiger partial charge is 0.379 e. The van der Waals surface area contributed by atoms with Crippen molar-refractivity contribution in [2.75, 3.05) is 31.6 Å². The van der Waals surface area contributed by atoms with Crippen LogP contribution >= 0.6 is 0 Å². The number of aromatic nitrogens is 2. The van der Waals surface area contributed by atoms with Crippen LogP contribution < -0.4 is 11.0 Å². The Kier molecular flexibility index (Phi) is 4.94. The highest BCUT2D eigenvalue weighted by molar-refractivity contribution is 7.89. The van der Waals surface area contributed by atoms with Crippen LogP contribution in [0.4, 0.5) is 10.1 Å². The van der Waals surface area contributed by atoms with Crippen LogP contribution in [0.3, 0.4) is 0 Å². The Bertz CT molecular complexity index is 1240. The summed E-state index contributed by atoms with van der Waals surface area (Å²) in [4.78, 5) is 28.9.